The van der Waals surface area contributed by atoms with Gasteiger partial charge in [0.25, 0.3) is 0 Å². The maximum atomic E-state index is 11.3. The molecule has 2 rings (SSSR count). The molecule has 0 aliphatic heterocycles. The smallest absolute Gasteiger partial charge is 0.221 e. The Labute approximate surface area is 110 Å². The predicted octanol–water partition coefficient (Wildman–Crippen LogP) is 2.24. The molecule has 1 aromatic heterocycles. The van der Waals surface area contributed by atoms with Crippen LogP contribution in [0.15, 0.2) is 35.3 Å². The van der Waals surface area contributed by atoms with Gasteiger partial charge in [0.05, 0.1) is 5.69 Å². The van der Waals surface area contributed by atoms with Crippen molar-refractivity contribution in [3.8, 4) is 11.3 Å². The van der Waals surface area contributed by atoms with E-state index in [0.717, 1.165) is 21.1 Å². The summed E-state index contributed by atoms with van der Waals surface area (Å²) < 4.78 is 1.99. The minimum absolute atomic E-state index is 0.0725. The highest BCUT2D eigenvalue weighted by molar-refractivity contribution is 7.14. The molecule has 0 saturated carbocycles. The van der Waals surface area contributed by atoms with Crippen LogP contribution in [0.1, 0.15) is 6.92 Å². The SMILES string of the molecule is CN=c1sc(NC(C)=O)c(-c2ccccc2)n1C. The van der Waals surface area contributed by atoms with E-state index in [2.05, 4.69) is 10.3 Å². The number of hydrogen-bond donors (Lipinski definition) is 1. The lowest BCUT2D eigenvalue weighted by Gasteiger charge is -2.06. The van der Waals surface area contributed by atoms with Crippen LogP contribution in [-0.4, -0.2) is 17.5 Å². The van der Waals surface area contributed by atoms with Crippen molar-refractivity contribution in [1.29, 1.82) is 0 Å². The van der Waals surface area contributed by atoms with E-state index < -0.39 is 0 Å². The number of carbonyl (C=O) groups is 1. The number of anilines is 1. The van der Waals surface area contributed by atoms with Gasteiger partial charge in [0.1, 0.15) is 5.00 Å². The summed E-state index contributed by atoms with van der Waals surface area (Å²) >= 11 is 1.47. The second-order valence-corrected chi connectivity index (χ2v) is 4.87. The van der Waals surface area contributed by atoms with Crippen LogP contribution in [0.3, 0.4) is 0 Å². The van der Waals surface area contributed by atoms with Crippen molar-refractivity contribution < 1.29 is 4.79 Å². The predicted molar refractivity (Wildman–Crippen MR) is 74.5 cm³/mol. The van der Waals surface area contributed by atoms with Crippen molar-refractivity contribution in [3.05, 3.63) is 35.1 Å². The summed E-state index contributed by atoms with van der Waals surface area (Å²) in [5.74, 6) is -0.0725. The lowest BCUT2D eigenvalue weighted by atomic mass is 10.1. The Morgan fingerprint density at radius 3 is 2.56 bits per heavy atom. The molecule has 0 fully saturated rings. The Morgan fingerprint density at radius 1 is 1.33 bits per heavy atom. The molecule has 94 valence electrons. The second-order valence-electron chi connectivity index (χ2n) is 3.89. The summed E-state index contributed by atoms with van der Waals surface area (Å²) in [6.07, 6.45) is 0. The second kappa shape index (κ2) is 5.18. The van der Waals surface area contributed by atoms with Gasteiger partial charge in [-0.25, -0.2) is 0 Å². The van der Waals surface area contributed by atoms with Gasteiger partial charge in [-0.3, -0.25) is 9.79 Å². The molecule has 0 spiro atoms. The lowest BCUT2D eigenvalue weighted by Crippen LogP contribution is -2.11. The molecule has 5 heteroatoms. The minimum Gasteiger partial charge on any atom is -0.318 e. The highest BCUT2D eigenvalue weighted by atomic mass is 32.1. The first kappa shape index (κ1) is 12.6. The fourth-order valence-corrected chi connectivity index (χ4v) is 2.87. The van der Waals surface area contributed by atoms with Crippen LogP contribution in [0.5, 0.6) is 0 Å². The first-order valence-electron chi connectivity index (χ1n) is 5.59. The zero-order chi connectivity index (χ0) is 13.1. The van der Waals surface area contributed by atoms with Crippen molar-refractivity contribution in [2.45, 2.75) is 6.92 Å². The number of carbonyl (C=O) groups excluding carboxylic acids is 1. The molecule has 0 saturated heterocycles. The molecule has 1 heterocycles. The average molecular weight is 261 g/mol. The van der Waals surface area contributed by atoms with Crippen LogP contribution in [0.2, 0.25) is 0 Å². The third-order valence-corrected chi connectivity index (χ3v) is 3.70. The zero-order valence-electron chi connectivity index (χ0n) is 10.6. The number of thiazole rings is 1. The number of benzene rings is 1. The number of rotatable bonds is 2. The van der Waals surface area contributed by atoms with E-state index in [0.29, 0.717) is 0 Å². The van der Waals surface area contributed by atoms with Gasteiger partial charge in [-0.1, -0.05) is 41.7 Å². The average Bonchev–Trinajstić information content (AvgIpc) is 2.66. The number of nitrogens with one attached hydrogen (secondary N) is 1. The summed E-state index contributed by atoms with van der Waals surface area (Å²) in [5.41, 5.74) is 2.05. The molecule has 0 unspecified atom stereocenters. The van der Waals surface area contributed by atoms with Gasteiger partial charge in [0.2, 0.25) is 5.91 Å². The van der Waals surface area contributed by atoms with E-state index >= 15 is 0 Å². The molecule has 2 aromatic rings. The fraction of sp³-hybridized carbons (Fsp3) is 0.231. The Balaban J connectivity index is 2.64. The van der Waals surface area contributed by atoms with E-state index in [1.807, 2.05) is 41.9 Å². The summed E-state index contributed by atoms with van der Waals surface area (Å²) in [4.78, 5) is 16.3. The summed E-state index contributed by atoms with van der Waals surface area (Å²) in [5, 5.41) is 3.70. The Hall–Kier alpha value is -1.88. The van der Waals surface area contributed by atoms with Crippen molar-refractivity contribution >= 4 is 22.2 Å². The molecule has 1 amide bonds. The number of amides is 1. The Morgan fingerprint density at radius 2 is 2.00 bits per heavy atom. The van der Waals surface area contributed by atoms with Crippen LogP contribution in [0.4, 0.5) is 5.00 Å². The van der Waals surface area contributed by atoms with E-state index in [4.69, 9.17) is 0 Å². The Kier molecular flexibility index (Phi) is 3.62. The summed E-state index contributed by atoms with van der Waals surface area (Å²) in [6, 6.07) is 9.97. The van der Waals surface area contributed by atoms with Gasteiger partial charge < -0.3 is 9.88 Å². The quantitative estimate of drug-likeness (QED) is 0.885. The monoisotopic (exact) mass is 261 g/mol. The number of nitrogens with zero attached hydrogens (tertiary/aromatic N) is 2. The standard InChI is InChI=1S/C13H15N3OS/c1-9(17)15-12-11(10-7-5-4-6-8-10)16(3)13(14-2)18-12/h4-8H,1-3H3,(H,15,17). The van der Waals surface area contributed by atoms with Gasteiger partial charge in [0, 0.05) is 26.6 Å². The first-order chi connectivity index (χ1) is 8.63. The maximum absolute atomic E-state index is 11.3. The van der Waals surface area contributed by atoms with Gasteiger partial charge in [-0.15, -0.1) is 0 Å². The highest BCUT2D eigenvalue weighted by Gasteiger charge is 2.13. The van der Waals surface area contributed by atoms with Crippen LogP contribution < -0.4 is 10.1 Å². The molecule has 0 radical (unpaired) electrons. The molecule has 18 heavy (non-hydrogen) atoms. The lowest BCUT2D eigenvalue weighted by molar-refractivity contribution is -0.114. The first-order valence-corrected chi connectivity index (χ1v) is 6.40. The molecule has 1 aromatic carbocycles. The van der Waals surface area contributed by atoms with Gasteiger partial charge >= 0.3 is 0 Å². The van der Waals surface area contributed by atoms with Crippen molar-refractivity contribution in [2.75, 3.05) is 12.4 Å². The molecule has 0 aliphatic rings. The third kappa shape index (κ3) is 2.36. The fourth-order valence-electron chi connectivity index (χ4n) is 1.82. The van der Waals surface area contributed by atoms with Crippen LogP contribution >= 0.6 is 11.3 Å². The molecular formula is C13H15N3OS. The molecule has 0 aliphatic carbocycles. The summed E-state index contributed by atoms with van der Waals surface area (Å²) in [6.45, 7) is 1.51. The van der Waals surface area contributed by atoms with Crippen molar-refractivity contribution in [3.63, 3.8) is 0 Å². The van der Waals surface area contributed by atoms with E-state index in [9.17, 15) is 4.79 Å². The van der Waals surface area contributed by atoms with Gasteiger partial charge in [0.15, 0.2) is 4.80 Å². The number of aromatic nitrogens is 1. The van der Waals surface area contributed by atoms with E-state index in [1.54, 1.807) is 7.05 Å². The summed E-state index contributed by atoms with van der Waals surface area (Å²) in [7, 11) is 3.70. The largest absolute Gasteiger partial charge is 0.318 e. The maximum Gasteiger partial charge on any atom is 0.221 e. The van der Waals surface area contributed by atoms with Crippen LogP contribution in [0.25, 0.3) is 11.3 Å². The van der Waals surface area contributed by atoms with Gasteiger partial charge in [-0.2, -0.15) is 0 Å². The zero-order valence-corrected chi connectivity index (χ0v) is 11.4. The number of hydrogen-bond acceptors (Lipinski definition) is 3. The molecular weight excluding hydrogens is 246 g/mol. The minimum atomic E-state index is -0.0725. The molecule has 1 N–H and O–H groups in total. The van der Waals surface area contributed by atoms with Crippen molar-refractivity contribution in [1.82, 2.24) is 4.57 Å². The normalized spacial score (nSPS) is 11.6. The molecule has 4 nitrogen and oxygen atoms in total. The van der Waals surface area contributed by atoms with Crippen molar-refractivity contribution in [2.24, 2.45) is 12.0 Å². The van der Waals surface area contributed by atoms with E-state index in [-0.39, 0.29) is 5.91 Å². The Bertz CT molecular complexity index is 625. The topological polar surface area (TPSA) is 46.4 Å². The molecule has 0 atom stereocenters. The van der Waals surface area contributed by atoms with Gasteiger partial charge in [-0.05, 0) is 0 Å². The highest BCUT2D eigenvalue weighted by Crippen LogP contribution is 2.29. The van der Waals surface area contributed by atoms with Crippen LogP contribution in [0, 0.1) is 0 Å². The van der Waals surface area contributed by atoms with E-state index in [1.165, 1.54) is 18.3 Å². The molecule has 0 bridgehead atoms. The van der Waals surface area contributed by atoms with Crippen LogP contribution in [-0.2, 0) is 11.8 Å². The third-order valence-electron chi connectivity index (χ3n) is 2.56.